The molecule has 4 rings (SSSR count). The molecule has 2 aromatic heterocycles. The van der Waals surface area contributed by atoms with Crippen molar-refractivity contribution in [1.29, 1.82) is 0 Å². The molecule has 2 aromatic carbocycles. The first kappa shape index (κ1) is 27.7. The van der Waals surface area contributed by atoms with Crippen LogP contribution in [-0.4, -0.2) is 40.6 Å². The van der Waals surface area contributed by atoms with Gasteiger partial charge in [0.15, 0.2) is 0 Å². The summed E-state index contributed by atoms with van der Waals surface area (Å²) in [5, 5.41) is 6.63. The van der Waals surface area contributed by atoms with Crippen LogP contribution in [-0.2, 0) is 16.1 Å². The zero-order chi connectivity index (χ0) is 27.8. The quantitative estimate of drug-likeness (QED) is 0.255. The van der Waals surface area contributed by atoms with Gasteiger partial charge in [-0.15, -0.1) is 0 Å². The largest absolute Gasteiger partial charge is 0.377 e. The van der Waals surface area contributed by atoms with E-state index in [4.69, 9.17) is 9.72 Å². The smallest absolute Gasteiger partial charge is 0.320 e. The fraction of sp³-hybridized carbons (Fsp3) is 0.290. The van der Waals surface area contributed by atoms with Crippen molar-refractivity contribution in [2.45, 2.75) is 46.3 Å². The number of ether oxygens (including phenoxy) is 1. The van der Waals surface area contributed by atoms with Crippen molar-refractivity contribution >= 4 is 34.5 Å². The van der Waals surface area contributed by atoms with Crippen LogP contribution >= 0.6 is 0 Å². The van der Waals surface area contributed by atoms with E-state index in [1.54, 1.807) is 17.2 Å². The number of carbonyl (C=O) groups is 2. The second-order valence-corrected chi connectivity index (χ2v) is 10.4. The minimum Gasteiger partial charge on any atom is -0.377 e. The van der Waals surface area contributed by atoms with E-state index in [0.717, 1.165) is 22.1 Å². The lowest BCUT2D eigenvalue weighted by molar-refractivity contribution is -0.116. The lowest BCUT2D eigenvalue weighted by Gasteiger charge is -2.22. The predicted molar refractivity (Wildman–Crippen MR) is 156 cm³/mol. The van der Waals surface area contributed by atoms with Crippen LogP contribution in [0.3, 0.4) is 0 Å². The van der Waals surface area contributed by atoms with Crippen molar-refractivity contribution in [3.05, 3.63) is 84.6 Å². The van der Waals surface area contributed by atoms with Gasteiger partial charge in [-0.05, 0) is 44.4 Å². The first-order valence-corrected chi connectivity index (χ1v) is 13.0. The first-order chi connectivity index (χ1) is 18.7. The maximum absolute atomic E-state index is 12.7. The van der Waals surface area contributed by atoms with Crippen molar-refractivity contribution in [3.63, 3.8) is 0 Å². The molecule has 0 aliphatic carbocycles. The summed E-state index contributed by atoms with van der Waals surface area (Å²) in [4.78, 5) is 36.2. The molecule has 0 fully saturated rings. The van der Waals surface area contributed by atoms with Gasteiger partial charge in [0.25, 0.3) is 0 Å². The summed E-state index contributed by atoms with van der Waals surface area (Å²) in [7, 11) is 0. The van der Waals surface area contributed by atoms with Crippen LogP contribution in [0, 0.1) is 0 Å². The molecule has 0 bridgehead atoms. The topological polar surface area (TPSA) is 96.5 Å². The molecule has 0 aliphatic rings. The van der Waals surface area contributed by atoms with E-state index < -0.39 is 5.54 Å². The molecule has 0 atom stereocenters. The summed E-state index contributed by atoms with van der Waals surface area (Å²) in [5.41, 5.74) is 3.03. The van der Waals surface area contributed by atoms with Gasteiger partial charge in [-0.25, -0.2) is 14.8 Å². The molecule has 0 spiro atoms. The normalized spacial score (nSPS) is 11.3. The molecule has 2 heterocycles. The number of hydrogen-bond donors (Lipinski definition) is 2. The van der Waals surface area contributed by atoms with Crippen molar-refractivity contribution in [1.82, 2.24) is 15.3 Å². The Balaban J connectivity index is 1.55. The number of fused-ring (bicyclic) bond motifs is 1. The molecule has 8 heteroatoms. The number of anilines is 2. The van der Waals surface area contributed by atoms with Crippen LogP contribution in [0.2, 0.25) is 0 Å². The number of carbonyl (C=O) groups excluding carboxylic acids is 2. The van der Waals surface area contributed by atoms with Crippen molar-refractivity contribution in [2.24, 2.45) is 0 Å². The van der Waals surface area contributed by atoms with Gasteiger partial charge in [0.1, 0.15) is 11.6 Å². The SMILES string of the molecule is CC(=O)N(CCCOCc1ccccc1)c1cc2nc(NC(=O)NC(C)(C)C)c(-c3ccccc3)cc2cn1. The summed E-state index contributed by atoms with van der Waals surface area (Å²) in [5.74, 6) is 0.813. The molecule has 0 radical (unpaired) electrons. The zero-order valence-electron chi connectivity index (χ0n) is 22.9. The molecular weight excluding hydrogens is 490 g/mol. The van der Waals surface area contributed by atoms with Crippen LogP contribution < -0.4 is 15.5 Å². The van der Waals surface area contributed by atoms with Crippen molar-refractivity contribution in [2.75, 3.05) is 23.4 Å². The highest BCUT2D eigenvalue weighted by Gasteiger charge is 2.18. The predicted octanol–water partition coefficient (Wildman–Crippen LogP) is 6.18. The van der Waals surface area contributed by atoms with Crippen molar-refractivity contribution < 1.29 is 14.3 Å². The van der Waals surface area contributed by atoms with E-state index in [0.29, 0.717) is 43.3 Å². The van der Waals surface area contributed by atoms with Gasteiger partial charge in [0, 0.05) is 48.8 Å². The van der Waals surface area contributed by atoms with Gasteiger partial charge in [0.2, 0.25) is 5.91 Å². The number of urea groups is 1. The fourth-order valence-electron chi connectivity index (χ4n) is 4.14. The highest BCUT2D eigenvalue weighted by atomic mass is 16.5. The van der Waals surface area contributed by atoms with Gasteiger partial charge in [-0.3, -0.25) is 15.0 Å². The monoisotopic (exact) mass is 525 g/mol. The van der Waals surface area contributed by atoms with E-state index in [1.807, 2.05) is 87.5 Å². The summed E-state index contributed by atoms with van der Waals surface area (Å²) in [6.45, 7) is 8.78. The van der Waals surface area contributed by atoms with Crippen molar-refractivity contribution in [3.8, 4) is 11.1 Å². The second kappa shape index (κ2) is 12.5. The van der Waals surface area contributed by atoms with Crippen LogP contribution in [0.15, 0.2) is 79.0 Å². The van der Waals surface area contributed by atoms with Gasteiger partial charge in [-0.1, -0.05) is 60.7 Å². The Bertz CT molecular complexity index is 1420. The number of hydrogen-bond acceptors (Lipinski definition) is 5. The number of nitrogens with zero attached hydrogens (tertiary/aromatic N) is 3. The summed E-state index contributed by atoms with van der Waals surface area (Å²) in [6.07, 6.45) is 2.37. The molecular formula is C31H35N5O3. The number of aromatic nitrogens is 2. The molecule has 202 valence electrons. The van der Waals surface area contributed by atoms with Gasteiger partial charge in [-0.2, -0.15) is 0 Å². The minimum absolute atomic E-state index is 0.117. The third kappa shape index (κ3) is 7.85. The third-order valence-corrected chi connectivity index (χ3v) is 5.93. The maximum atomic E-state index is 12.7. The Morgan fingerprint density at radius 1 is 0.974 bits per heavy atom. The Morgan fingerprint density at radius 2 is 1.67 bits per heavy atom. The zero-order valence-corrected chi connectivity index (χ0v) is 22.9. The average Bonchev–Trinajstić information content (AvgIpc) is 2.90. The van der Waals surface area contributed by atoms with Crippen LogP contribution in [0.4, 0.5) is 16.4 Å². The average molecular weight is 526 g/mol. The summed E-state index contributed by atoms with van der Waals surface area (Å²) >= 11 is 0. The van der Waals surface area contributed by atoms with E-state index in [1.165, 1.54) is 6.92 Å². The molecule has 0 unspecified atom stereocenters. The minimum atomic E-state index is -0.405. The number of amides is 3. The van der Waals surface area contributed by atoms with E-state index in [9.17, 15) is 9.59 Å². The lowest BCUT2D eigenvalue weighted by atomic mass is 10.0. The number of benzene rings is 2. The van der Waals surface area contributed by atoms with Gasteiger partial charge < -0.3 is 10.1 Å². The third-order valence-electron chi connectivity index (χ3n) is 5.93. The Kier molecular flexibility index (Phi) is 8.88. The first-order valence-electron chi connectivity index (χ1n) is 13.0. The van der Waals surface area contributed by atoms with E-state index in [2.05, 4.69) is 15.6 Å². The van der Waals surface area contributed by atoms with Gasteiger partial charge >= 0.3 is 6.03 Å². The van der Waals surface area contributed by atoms with E-state index >= 15 is 0 Å². The molecule has 0 saturated heterocycles. The molecule has 8 nitrogen and oxygen atoms in total. The van der Waals surface area contributed by atoms with Crippen LogP contribution in [0.1, 0.15) is 39.7 Å². The highest BCUT2D eigenvalue weighted by Crippen LogP contribution is 2.31. The molecule has 0 saturated carbocycles. The molecule has 39 heavy (non-hydrogen) atoms. The number of rotatable bonds is 9. The molecule has 0 aliphatic heterocycles. The van der Waals surface area contributed by atoms with Gasteiger partial charge in [0.05, 0.1) is 12.1 Å². The van der Waals surface area contributed by atoms with E-state index in [-0.39, 0.29) is 11.9 Å². The number of nitrogens with one attached hydrogen (secondary N) is 2. The number of pyridine rings is 2. The maximum Gasteiger partial charge on any atom is 0.320 e. The summed E-state index contributed by atoms with van der Waals surface area (Å²) in [6, 6.07) is 23.1. The Hall–Kier alpha value is -4.30. The highest BCUT2D eigenvalue weighted by molar-refractivity contribution is 5.98. The molecule has 2 N–H and O–H groups in total. The lowest BCUT2D eigenvalue weighted by Crippen LogP contribution is -2.43. The molecule has 3 amide bonds. The Morgan fingerprint density at radius 3 is 2.33 bits per heavy atom. The summed E-state index contributed by atoms with van der Waals surface area (Å²) < 4.78 is 5.78. The standard InChI is InChI=1S/C31H35N5O3/c1-22(37)36(16-11-17-39-21-23-12-7-5-8-13-23)28-19-27-25(20-32-28)18-26(24-14-9-6-10-15-24)29(33-27)34-30(38)35-31(2,3)4/h5-10,12-15,18-20H,11,16-17,21H2,1-4H3,(H2,33,34,35,38). The van der Waals surface area contributed by atoms with Crippen LogP contribution in [0.25, 0.3) is 22.0 Å². The van der Waals surface area contributed by atoms with Crippen LogP contribution in [0.5, 0.6) is 0 Å². The second-order valence-electron chi connectivity index (χ2n) is 10.4. The Labute approximate surface area is 229 Å². The molecule has 4 aromatic rings. The fourth-order valence-corrected chi connectivity index (χ4v) is 4.14.